The molecule has 0 radical (unpaired) electrons. The van der Waals surface area contributed by atoms with E-state index in [1.54, 1.807) is 6.26 Å². The van der Waals surface area contributed by atoms with E-state index in [2.05, 4.69) is 22.5 Å². The fourth-order valence-electron chi connectivity index (χ4n) is 3.28. The molecular formula is C19H32N4O3. The summed E-state index contributed by atoms with van der Waals surface area (Å²) in [5.41, 5.74) is 0. The lowest BCUT2D eigenvalue weighted by Gasteiger charge is -2.31. The van der Waals surface area contributed by atoms with Crippen LogP contribution >= 0.6 is 0 Å². The molecule has 2 unspecified atom stereocenters. The number of rotatable bonds is 8. The van der Waals surface area contributed by atoms with Crippen molar-refractivity contribution in [3.05, 3.63) is 24.2 Å². The molecule has 7 nitrogen and oxygen atoms in total. The van der Waals surface area contributed by atoms with Crippen molar-refractivity contribution in [3.63, 3.8) is 0 Å². The normalized spacial score (nSPS) is 23.1. The topological polar surface area (TPSA) is 71.3 Å². The van der Waals surface area contributed by atoms with E-state index in [0.717, 1.165) is 83.7 Å². The largest absolute Gasteiger partial charge is 0.469 e. The Labute approximate surface area is 156 Å². The third-order valence-electron chi connectivity index (χ3n) is 5.01. The van der Waals surface area contributed by atoms with Gasteiger partial charge in [0.25, 0.3) is 0 Å². The maximum Gasteiger partial charge on any atom is 0.191 e. The van der Waals surface area contributed by atoms with Gasteiger partial charge in [-0.25, -0.2) is 0 Å². The number of hydrogen-bond acceptors (Lipinski definition) is 5. The molecule has 3 rings (SSSR count). The zero-order valence-electron chi connectivity index (χ0n) is 15.8. The first-order valence-corrected chi connectivity index (χ1v) is 9.75. The smallest absolute Gasteiger partial charge is 0.191 e. The Kier molecular flexibility index (Phi) is 7.79. The second kappa shape index (κ2) is 10.5. The van der Waals surface area contributed by atoms with Gasteiger partial charge in [0.2, 0.25) is 0 Å². The van der Waals surface area contributed by atoms with Crippen LogP contribution in [0.5, 0.6) is 0 Å². The molecule has 146 valence electrons. The summed E-state index contributed by atoms with van der Waals surface area (Å²) < 4.78 is 16.3. The highest BCUT2D eigenvalue weighted by molar-refractivity contribution is 5.79. The van der Waals surface area contributed by atoms with Gasteiger partial charge < -0.3 is 24.5 Å². The maximum atomic E-state index is 5.47. The minimum Gasteiger partial charge on any atom is -0.469 e. The van der Waals surface area contributed by atoms with Gasteiger partial charge in [-0.1, -0.05) is 0 Å². The van der Waals surface area contributed by atoms with E-state index in [0.29, 0.717) is 12.0 Å². The number of morpholine rings is 1. The number of aliphatic imine (C=N–C) groups is 1. The van der Waals surface area contributed by atoms with Crippen molar-refractivity contribution in [1.29, 1.82) is 0 Å². The first-order valence-electron chi connectivity index (χ1n) is 9.75. The third kappa shape index (κ3) is 6.30. The molecule has 0 aliphatic carbocycles. The zero-order valence-corrected chi connectivity index (χ0v) is 15.8. The van der Waals surface area contributed by atoms with Crippen LogP contribution in [0.1, 0.15) is 19.1 Å². The van der Waals surface area contributed by atoms with Gasteiger partial charge in [-0.15, -0.1) is 0 Å². The first-order chi connectivity index (χ1) is 12.8. The van der Waals surface area contributed by atoms with E-state index in [-0.39, 0.29) is 0 Å². The molecule has 2 N–H and O–H groups in total. The fraction of sp³-hybridized carbons (Fsp3) is 0.737. The van der Waals surface area contributed by atoms with E-state index in [9.17, 15) is 0 Å². The molecule has 2 aliphatic rings. The Morgan fingerprint density at radius 3 is 2.88 bits per heavy atom. The summed E-state index contributed by atoms with van der Waals surface area (Å²) in [5.74, 6) is 2.44. The third-order valence-corrected chi connectivity index (χ3v) is 5.01. The van der Waals surface area contributed by atoms with Crippen LogP contribution in [0.15, 0.2) is 27.8 Å². The molecule has 0 bridgehead atoms. The Hall–Kier alpha value is -1.57. The van der Waals surface area contributed by atoms with E-state index < -0.39 is 0 Å². The van der Waals surface area contributed by atoms with Gasteiger partial charge in [0.1, 0.15) is 5.76 Å². The summed E-state index contributed by atoms with van der Waals surface area (Å²) in [7, 11) is 0. The fourth-order valence-corrected chi connectivity index (χ4v) is 3.28. The van der Waals surface area contributed by atoms with Crippen LogP contribution in [0, 0.1) is 5.92 Å². The molecule has 2 aliphatic heterocycles. The van der Waals surface area contributed by atoms with Gasteiger partial charge in [0.05, 0.1) is 32.6 Å². The first kappa shape index (κ1) is 19.2. The molecule has 7 heteroatoms. The van der Waals surface area contributed by atoms with Crippen molar-refractivity contribution in [2.75, 3.05) is 59.2 Å². The second-order valence-corrected chi connectivity index (χ2v) is 7.05. The highest BCUT2D eigenvalue weighted by Gasteiger charge is 2.18. The quantitative estimate of drug-likeness (QED) is 0.532. The van der Waals surface area contributed by atoms with Crippen molar-refractivity contribution in [2.45, 2.75) is 25.8 Å². The van der Waals surface area contributed by atoms with Gasteiger partial charge in [0.15, 0.2) is 5.96 Å². The summed E-state index contributed by atoms with van der Waals surface area (Å²) in [5, 5.41) is 6.92. The molecule has 26 heavy (non-hydrogen) atoms. The van der Waals surface area contributed by atoms with Crippen LogP contribution in [-0.4, -0.2) is 76.1 Å². The zero-order chi connectivity index (χ0) is 18.0. The van der Waals surface area contributed by atoms with Crippen LogP contribution in [-0.2, 0) is 15.9 Å². The van der Waals surface area contributed by atoms with Crippen molar-refractivity contribution in [1.82, 2.24) is 15.5 Å². The Balaban J connectivity index is 1.47. The van der Waals surface area contributed by atoms with E-state index in [1.807, 2.05) is 12.1 Å². The standard InChI is InChI=1S/C19H32N4O3/c1-16(23-7-11-24-12-8-23)13-21-19(22-14-17-5-10-25-15-17)20-6-4-18-3-2-9-26-18/h2-3,9,16-17H,4-8,10-15H2,1H3,(H2,20,21,22). The van der Waals surface area contributed by atoms with Crippen molar-refractivity contribution in [2.24, 2.45) is 10.9 Å². The number of nitrogens with zero attached hydrogens (tertiary/aromatic N) is 2. The summed E-state index contributed by atoms with van der Waals surface area (Å²) in [6.07, 6.45) is 3.68. The van der Waals surface area contributed by atoms with Crippen molar-refractivity contribution in [3.8, 4) is 0 Å². The summed E-state index contributed by atoms with van der Waals surface area (Å²) in [6.45, 7) is 10.1. The molecule has 2 saturated heterocycles. The van der Waals surface area contributed by atoms with Gasteiger partial charge >= 0.3 is 0 Å². The van der Waals surface area contributed by atoms with Crippen molar-refractivity contribution < 1.29 is 13.9 Å². The minimum absolute atomic E-state index is 0.414. The Morgan fingerprint density at radius 2 is 2.15 bits per heavy atom. The molecule has 0 spiro atoms. The molecule has 1 aromatic rings. The highest BCUT2D eigenvalue weighted by atomic mass is 16.5. The van der Waals surface area contributed by atoms with Gasteiger partial charge in [0, 0.05) is 51.2 Å². The van der Waals surface area contributed by atoms with Crippen LogP contribution in [0.25, 0.3) is 0 Å². The SMILES string of the molecule is CC(CN=C(NCCc1ccco1)NCC1CCOC1)N1CCOCC1. The minimum atomic E-state index is 0.414. The van der Waals surface area contributed by atoms with E-state index in [4.69, 9.17) is 18.9 Å². The van der Waals surface area contributed by atoms with E-state index in [1.165, 1.54) is 0 Å². The average molecular weight is 364 g/mol. The maximum absolute atomic E-state index is 5.47. The predicted octanol–water partition coefficient (Wildman–Crippen LogP) is 1.11. The lowest BCUT2D eigenvalue weighted by molar-refractivity contribution is 0.0220. The number of nitrogens with one attached hydrogen (secondary N) is 2. The molecule has 0 amide bonds. The van der Waals surface area contributed by atoms with Gasteiger partial charge in [-0.05, 0) is 25.5 Å². The molecule has 3 heterocycles. The number of ether oxygens (including phenoxy) is 2. The van der Waals surface area contributed by atoms with Crippen LogP contribution in [0.2, 0.25) is 0 Å². The van der Waals surface area contributed by atoms with Crippen LogP contribution in [0.4, 0.5) is 0 Å². The summed E-state index contributed by atoms with van der Waals surface area (Å²) in [6, 6.07) is 4.34. The lowest BCUT2D eigenvalue weighted by atomic mass is 10.1. The van der Waals surface area contributed by atoms with Crippen LogP contribution < -0.4 is 10.6 Å². The van der Waals surface area contributed by atoms with E-state index >= 15 is 0 Å². The molecule has 2 fully saturated rings. The Bertz CT molecular complexity index is 523. The van der Waals surface area contributed by atoms with Gasteiger partial charge in [-0.2, -0.15) is 0 Å². The molecule has 0 saturated carbocycles. The average Bonchev–Trinajstić information content (AvgIpc) is 3.38. The predicted molar refractivity (Wildman–Crippen MR) is 101 cm³/mol. The molecule has 0 aromatic carbocycles. The van der Waals surface area contributed by atoms with Crippen LogP contribution in [0.3, 0.4) is 0 Å². The number of hydrogen-bond donors (Lipinski definition) is 2. The Morgan fingerprint density at radius 1 is 1.27 bits per heavy atom. The molecular weight excluding hydrogens is 332 g/mol. The van der Waals surface area contributed by atoms with Crippen molar-refractivity contribution >= 4 is 5.96 Å². The number of furan rings is 1. The molecule has 1 aromatic heterocycles. The summed E-state index contributed by atoms with van der Waals surface area (Å²) >= 11 is 0. The van der Waals surface area contributed by atoms with Gasteiger partial charge in [-0.3, -0.25) is 9.89 Å². The second-order valence-electron chi connectivity index (χ2n) is 7.05. The highest BCUT2D eigenvalue weighted by Crippen LogP contribution is 2.10. The lowest BCUT2D eigenvalue weighted by Crippen LogP contribution is -2.45. The number of guanidine groups is 1. The summed E-state index contributed by atoms with van der Waals surface area (Å²) in [4.78, 5) is 7.26. The monoisotopic (exact) mass is 364 g/mol. The molecule has 2 atom stereocenters.